The standard InChI is InChI=1S/10C5H10O3/c10*1-3-8-5(7)4(2)6/h10*4,6H,3H2,1-2H3. The molecule has 0 amide bonds. The van der Waals surface area contributed by atoms with Gasteiger partial charge in [0.1, 0.15) is 61.0 Å². The molecule has 0 heterocycles. The van der Waals surface area contributed by atoms with Gasteiger partial charge in [-0.1, -0.05) is 0 Å². The smallest absolute Gasteiger partial charge is 0.334 e. The first-order valence-corrected chi connectivity index (χ1v) is 25.3. The second-order valence-corrected chi connectivity index (χ2v) is 14.3. The normalized spacial score (nSPS) is 12.9. The summed E-state index contributed by atoms with van der Waals surface area (Å²) >= 11 is 0. The summed E-state index contributed by atoms with van der Waals surface area (Å²) in [5, 5.41) is 84.8. The fraction of sp³-hybridized carbons (Fsp3) is 0.800. The Morgan fingerprint density at radius 3 is 0.250 bits per heavy atom. The Kier molecular flexibility index (Phi) is 83.8. The van der Waals surface area contributed by atoms with Crippen LogP contribution < -0.4 is 0 Å². The SMILES string of the molecule is CCOC(=O)C(C)O.CCOC(=O)C(C)O.CCOC(=O)C(C)O.CCOC(=O)C(C)O.CCOC(=O)C(C)O.CCOC(=O)C(C)O.CCOC(=O)C(C)O.CCOC(=O)C(C)O.CCOC(=O)C(C)O.CCOC(=O)C(C)O. The molecule has 0 radical (unpaired) electrons. The van der Waals surface area contributed by atoms with Crippen molar-refractivity contribution in [2.45, 2.75) is 200 Å². The van der Waals surface area contributed by atoms with Crippen LogP contribution in [-0.2, 0) is 95.3 Å². The molecule has 0 aliphatic heterocycles. The molecule has 10 atom stereocenters. The number of carbonyl (C=O) groups is 10. The number of ether oxygens (including phenoxy) is 10. The molecule has 0 saturated heterocycles. The van der Waals surface area contributed by atoms with Crippen molar-refractivity contribution in [2.24, 2.45) is 0 Å². The third-order valence-electron chi connectivity index (χ3n) is 6.28. The molecule has 0 aromatic heterocycles. The van der Waals surface area contributed by atoms with Gasteiger partial charge in [-0.15, -0.1) is 0 Å². The second kappa shape index (κ2) is 69.4. The predicted octanol–water partition coefficient (Wildman–Crippen LogP) is -0.697. The van der Waals surface area contributed by atoms with Gasteiger partial charge in [0.15, 0.2) is 0 Å². The molecule has 0 bridgehead atoms. The number of rotatable bonds is 20. The zero-order chi connectivity index (χ0) is 65.7. The van der Waals surface area contributed by atoms with Crippen LogP contribution in [0.1, 0.15) is 138 Å². The topological polar surface area (TPSA) is 465 Å². The van der Waals surface area contributed by atoms with Gasteiger partial charge in [-0.25, -0.2) is 47.9 Å². The van der Waals surface area contributed by atoms with E-state index in [0.29, 0.717) is 66.1 Å². The van der Waals surface area contributed by atoms with Crippen LogP contribution in [0.2, 0.25) is 0 Å². The van der Waals surface area contributed by atoms with E-state index < -0.39 is 121 Å². The molecule has 0 aromatic rings. The maximum atomic E-state index is 10.3. The summed E-state index contributed by atoms with van der Waals surface area (Å²) in [4.78, 5) is 103. The first-order valence-electron chi connectivity index (χ1n) is 25.3. The van der Waals surface area contributed by atoms with Crippen molar-refractivity contribution in [3.05, 3.63) is 0 Å². The van der Waals surface area contributed by atoms with Gasteiger partial charge in [0, 0.05) is 0 Å². The Hall–Kier alpha value is -5.70. The minimum absolute atomic E-state index is 0.323. The molecule has 0 rings (SSSR count). The molecule has 30 nitrogen and oxygen atoms in total. The van der Waals surface area contributed by atoms with E-state index in [1.165, 1.54) is 69.2 Å². The van der Waals surface area contributed by atoms with Crippen LogP contribution in [0.15, 0.2) is 0 Å². The molecule has 10 unspecified atom stereocenters. The molecular weight excluding hydrogens is 1080 g/mol. The van der Waals surface area contributed by atoms with Gasteiger partial charge in [-0.3, -0.25) is 0 Å². The Labute approximate surface area is 470 Å². The van der Waals surface area contributed by atoms with Gasteiger partial charge in [-0.2, -0.15) is 0 Å². The molecule has 30 heteroatoms. The lowest BCUT2D eigenvalue weighted by atomic mass is 10.4. The summed E-state index contributed by atoms with van der Waals surface area (Å²) in [6.07, 6.45) is -9.91. The number of hydrogen-bond donors (Lipinski definition) is 10. The van der Waals surface area contributed by atoms with E-state index in [4.69, 9.17) is 51.1 Å². The number of aliphatic hydroxyl groups excluding tert-OH is 10. The molecule has 0 aliphatic carbocycles. The van der Waals surface area contributed by atoms with Crippen molar-refractivity contribution < 1.29 is 146 Å². The van der Waals surface area contributed by atoms with Crippen LogP contribution >= 0.6 is 0 Å². The summed E-state index contributed by atoms with van der Waals surface area (Å²) in [6, 6.07) is 0. The number of hydrogen-bond acceptors (Lipinski definition) is 30. The lowest BCUT2D eigenvalue weighted by Gasteiger charge is -2.01. The van der Waals surface area contributed by atoms with Crippen LogP contribution in [0, 0.1) is 0 Å². The molecule has 0 spiro atoms. The number of carbonyl (C=O) groups excluding carboxylic acids is 10. The second-order valence-electron chi connectivity index (χ2n) is 14.3. The molecule has 480 valence electrons. The number of esters is 10. The van der Waals surface area contributed by atoms with Crippen molar-refractivity contribution in [2.75, 3.05) is 66.1 Å². The van der Waals surface area contributed by atoms with Crippen LogP contribution in [0.25, 0.3) is 0 Å². The molecule has 10 N–H and O–H groups in total. The zero-order valence-corrected chi connectivity index (χ0v) is 50.5. The molecule has 0 aliphatic rings. The third-order valence-corrected chi connectivity index (χ3v) is 6.28. The van der Waals surface area contributed by atoms with E-state index in [0.717, 1.165) is 0 Å². The summed E-state index contributed by atoms with van der Waals surface area (Å²) in [6.45, 7) is 33.9. The quantitative estimate of drug-likeness (QED) is 0.0532. The van der Waals surface area contributed by atoms with Crippen molar-refractivity contribution in [3.8, 4) is 0 Å². The van der Waals surface area contributed by atoms with Gasteiger partial charge in [-0.05, 0) is 138 Å². The Morgan fingerprint density at radius 2 is 0.237 bits per heavy atom. The molecule has 0 saturated carbocycles. The van der Waals surface area contributed by atoms with Crippen molar-refractivity contribution >= 4 is 59.7 Å². The lowest BCUT2D eigenvalue weighted by Crippen LogP contribution is -2.18. The van der Waals surface area contributed by atoms with Gasteiger partial charge in [0.2, 0.25) is 0 Å². The van der Waals surface area contributed by atoms with E-state index in [1.807, 2.05) is 0 Å². The summed E-state index contributed by atoms with van der Waals surface area (Å²) in [5.41, 5.74) is 0. The Bertz CT molecular complexity index is 1140. The Morgan fingerprint density at radius 1 is 0.188 bits per heavy atom. The fourth-order valence-corrected chi connectivity index (χ4v) is 2.63. The molecule has 80 heavy (non-hydrogen) atoms. The van der Waals surface area contributed by atoms with E-state index >= 15 is 0 Å². The fourth-order valence-electron chi connectivity index (χ4n) is 2.63. The zero-order valence-electron chi connectivity index (χ0n) is 50.5. The van der Waals surface area contributed by atoms with Crippen LogP contribution in [-0.4, -0.2) is 238 Å². The van der Waals surface area contributed by atoms with Crippen molar-refractivity contribution in [1.29, 1.82) is 0 Å². The van der Waals surface area contributed by atoms with Crippen molar-refractivity contribution in [3.63, 3.8) is 0 Å². The highest BCUT2D eigenvalue weighted by molar-refractivity contribution is 5.76. The van der Waals surface area contributed by atoms with Crippen LogP contribution in [0.5, 0.6) is 0 Å². The summed E-state index contributed by atoms with van der Waals surface area (Å²) in [7, 11) is 0. The monoisotopic (exact) mass is 1180 g/mol. The largest absolute Gasteiger partial charge is 0.464 e. The highest BCUT2D eigenvalue weighted by Crippen LogP contribution is 1.90. The van der Waals surface area contributed by atoms with E-state index in [9.17, 15) is 47.9 Å². The van der Waals surface area contributed by atoms with Gasteiger partial charge >= 0.3 is 59.7 Å². The van der Waals surface area contributed by atoms with E-state index in [2.05, 4.69) is 47.4 Å². The molecule has 0 aromatic carbocycles. The lowest BCUT2D eigenvalue weighted by molar-refractivity contribution is -0.152. The summed E-state index contributed by atoms with van der Waals surface area (Å²) < 4.78 is 44.1. The maximum Gasteiger partial charge on any atom is 0.334 e. The van der Waals surface area contributed by atoms with Crippen LogP contribution in [0.4, 0.5) is 0 Å². The van der Waals surface area contributed by atoms with Crippen LogP contribution in [0.3, 0.4) is 0 Å². The number of aliphatic hydroxyl groups is 10. The van der Waals surface area contributed by atoms with E-state index in [-0.39, 0.29) is 0 Å². The molecular formula is C50H100O30. The van der Waals surface area contributed by atoms with Gasteiger partial charge in [0.05, 0.1) is 66.1 Å². The highest BCUT2D eigenvalue weighted by atomic mass is 16.6. The average molecular weight is 1180 g/mol. The van der Waals surface area contributed by atoms with Crippen molar-refractivity contribution in [1.82, 2.24) is 0 Å². The Balaban J connectivity index is -0.0000000851. The first-order chi connectivity index (χ1) is 36.8. The highest BCUT2D eigenvalue weighted by Gasteiger charge is 2.12. The van der Waals surface area contributed by atoms with Gasteiger partial charge < -0.3 is 98.4 Å². The minimum atomic E-state index is -0.991. The predicted molar refractivity (Wildman–Crippen MR) is 283 cm³/mol. The maximum absolute atomic E-state index is 10.3. The minimum Gasteiger partial charge on any atom is -0.464 e. The van der Waals surface area contributed by atoms with Gasteiger partial charge in [0.25, 0.3) is 0 Å². The summed E-state index contributed by atoms with van der Waals surface area (Å²) in [5.74, 6) is -5.62. The van der Waals surface area contributed by atoms with E-state index in [1.54, 1.807) is 69.2 Å². The molecule has 0 fully saturated rings. The average Bonchev–Trinajstić information content (AvgIpc) is 3.36. The first kappa shape index (κ1) is 96.6. The third kappa shape index (κ3) is 88.9.